The van der Waals surface area contributed by atoms with Crippen molar-refractivity contribution in [2.24, 2.45) is 0 Å². The first-order valence-corrected chi connectivity index (χ1v) is 11.0. The maximum absolute atomic E-state index is 13.0. The van der Waals surface area contributed by atoms with Crippen molar-refractivity contribution >= 4 is 39.9 Å². The zero-order valence-electron chi connectivity index (χ0n) is 15.7. The van der Waals surface area contributed by atoms with Crippen molar-refractivity contribution < 1.29 is 18.7 Å². The van der Waals surface area contributed by atoms with Crippen molar-refractivity contribution in [3.05, 3.63) is 46.1 Å². The zero-order valence-corrected chi connectivity index (χ0v) is 17.3. The molecule has 0 saturated carbocycles. The van der Waals surface area contributed by atoms with E-state index in [1.807, 2.05) is 0 Å². The van der Waals surface area contributed by atoms with Crippen LogP contribution in [0.1, 0.15) is 33.6 Å². The molecule has 0 bridgehead atoms. The smallest absolute Gasteiger partial charge is 0.254 e. The van der Waals surface area contributed by atoms with Crippen LogP contribution in [0, 0.1) is 5.82 Å². The van der Waals surface area contributed by atoms with E-state index in [1.165, 1.54) is 40.1 Å². The molecule has 3 rings (SSSR count). The highest BCUT2D eigenvalue weighted by Gasteiger charge is 2.26. The summed E-state index contributed by atoms with van der Waals surface area (Å²) in [7, 11) is 1.59. The molecule has 2 N–H and O–H groups in total. The topological polar surface area (TPSA) is 67.4 Å². The number of carbonyl (C=O) groups excluding carboxylic acids is 2. The number of fused-ring (bicyclic) bond motifs is 1. The molecule has 5 nitrogen and oxygen atoms in total. The summed E-state index contributed by atoms with van der Waals surface area (Å²) in [6.45, 7) is 0.863. The molecule has 28 heavy (non-hydrogen) atoms. The van der Waals surface area contributed by atoms with E-state index >= 15 is 0 Å². The molecule has 1 aromatic heterocycles. The standard InChI is InChI=1S/C20H23FN2O3S2/c1-26-11-10-22-19(25)18-15-4-2-3-5-16(15)28-20(18)23-17(24)12-27-14-8-6-13(21)7-9-14/h6-9H,2-5,10-12H2,1H3,(H,22,25)(H,23,24). The number of rotatable bonds is 8. The number of aryl methyl sites for hydroxylation is 1. The largest absolute Gasteiger partial charge is 0.383 e. The number of hydrogen-bond acceptors (Lipinski definition) is 5. The fourth-order valence-electron chi connectivity index (χ4n) is 3.09. The molecular weight excluding hydrogens is 399 g/mol. The molecular formula is C20H23FN2O3S2. The molecule has 0 unspecified atom stereocenters. The summed E-state index contributed by atoms with van der Waals surface area (Å²) in [5.74, 6) is -0.460. The van der Waals surface area contributed by atoms with Gasteiger partial charge in [-0.2, -0.15) is 0 Å². The molecule has 2 amide bonds. The first kappa shape index (κ1) is 20.8. The first-order chi connectivity index (χ1) is 13.6. The van der Waals surface area contributed by atoms with E-state index in [9.17, 15) is 14.0 Å². The van der Waals surface area contributed by atoms with E-state index in [-0.39, 0.29) is 23.4 Å². The highest BCUT2D eigenvalue weighted by atomic mass is 32.2. The summed E-state index contributed by atoms with van der Waals surface area (Å²) in [5.41, 5.74) is 1.66. The Bertz CT molecular complexity index is 837. The number of methoxy groups -OCH3 is 1. The number of thiophene rings is 1. The van der Waals surface area contributed by atoms with Gasteiger partial charge < -0.3 is 15.4 Å². The summed E-state index contributed by atoms with van der Waals surface area (Å²) >= 11 is 2.83. The lowest BCUT2D eigenvalue weighted by Gasteiger charge is -2.13. The lowest BCUT2D eigenvalue weighted by Crippen LogP contribution is -2.29. The number of anilines is 1. The molecule has 1 heterocycles. The molecule has 1 aromatic carbocycles. The average Bonchev–Trinajstić information content (AvgIpc) is 3.05. The minimum atomic E-state index is -0.304. The molecule has 1 aliphatic carbocycles. The Morgan fingerprint density at radius 1 is 1.21 bits per heavy atom. The summed E-state index contributed by atoms with van der Waals surface area (Å²) in [6.07, 6.45) is 3.96. The molecule has 0 spiro atoms. The van der Waals surface area contributed by atoms with Crippen LogP contribution in [0.2, 0.25) is 0 Å². The minimum Gasteiger partial charge on any atom is -0.383 e. The molecule has 0 radical (unpaired) electrons. The van der Waals surface area contributed by atoms with Gasteiger partial charge in [-0.25, -0.2) is 4.39 Å². The summed E-state index contributed by atoms with van der Waals surface area (Å²) < 4.78 is 18.0. The van der Waals surface area contributed by atoms with Crippen molar-refractivity contribution in [1.29, 1.82) is 0 Å². The highest BCUT2D eigenvalue weighted by Crippen LogP contribution is 2.38. The second kappa shape index (κ2) is 10.0. The number of halogens is 1. The molecule has 2 aromatic rings. The van der Waals surface area contributed by atoms with Crippen LogP contribution in [0.5, 0.6) is 0 Å². The van der Waals surface area contributed by atoms with E-state index < -0.39 is 0 Å². The van der Waals surface area contributed by atoms with Crippen LogP contribution in [0.25, 0.3) is 0 Å². The van der Waals surface area contributed by atoms with Crippen LogP contribution >= 0.6 is 23.1 Å². The quantitative estimate of drug-likeness (QED) is 0.501. The van der Waals surface area contributed by atoms with Gasteiger partial charge in [0.1, 0.15) is 10.8 Å². The molecule has 8 heteroatoms. The number of hydrogen-bond donors (Lipinski definition) is 2. The van der Waals surface area contributed by atoms with Gasteiger partial charge in [-0.1, -0.05) is 0 Å². The third-order valence-electron chi connectivity index (χ3n) is 4.43. The number of thioether (sulfide) groups is 1. The number of benzene rings is 1. The minimum absolute atomic E-state index is 0.169. The van der Waals surface area contributed by atoms with Crippen LogP contribution in [-0.2, 0) is 22.4 Å². The Labute approximate surface area is 172 Å². The third kappa shape index (κ3) is 5.33. The van der Waals surface area contributed by atoms with Crippen molar-refractivity contribution in [3.8, 4) is 0 Å². The predicted molar refractivity (Wildman–Crippen MR) is 111 cm³/mol. The lowest BCUT2D eigenvalue weighted by atomic mass is 9.95. The maximum atomic E-state index is 13.0. The number of ether oxygens (including phenoxy) is 1. The number of amides is 2. The predicted octanol–water partition coefficient (Wildman–Crippen LogP) is 3.87. The van der Waals surface area contributed by atoms with Gasteiger partial charge in [-0.3, -0.25) is 9.59 Å². The molecule has 150 valence electrons. The van der Waals surface area contributed by atoms with E-state index in [4.69, 9.17) is 4.74 Å². The Morgan fingerprint density at radius 2 is 1.96 bits per heavy atom. The van der Waals surface area contributed by atoms with Gasteiger partial charge in [0.15, 0.2) is 0 Å². The fraction of sp³-hybridized carbons (Fsp3) is 0.400. The average molecular weight is 423 g/mol. The Kier molecular flexibility index (Phi) is 7.47. The first-order valence-electron chi connectivity index (χ1n) is 9.18. The Balaban J connectivity index is 1.69. The van der Waals surface area contributed by atoms with Gasteiger partial charge in [-0.15, -0.1) is 23.1 Å². The van der Waals surface area contributed by atoms with E-state index in [2.05, 4.69) is 10.6 Å². The third-order valence-corrected chi connectivity index (χ3v) is 6.65. The van der Waals surface area contributed by atoms with Gasteiger partial charge in [-0.05, 0) is 55.5 Å². The van der Waals surface area contributed by atoms with Gasteiger partial charge in [0.25, 0.3) is 5.91 Å². The van der Waals surface area contributed by atoms with Gasteiger partial charge >= 0.3 is 0 Å². The van der Waals surface area contributed by atoms with Crippen LogP contribution in [0.4, 0.5) is 9.39 Å². The van der Waals surface area contributed by atoms with Gasteiger partial charge in [0.2, 0.25) is 5.91 Å². The van der Waals surface area contributed by atoms with E-state index in [0.717, 1.165) is 36.1 Å². The SMILES string of the molecule is COCCNC(=O)c1c(NC(=O)CSc2ccc(F)cc2)sc2c1CCCC2. The number of nitrogens with one attached hydrogen (secondary N) is 2. The van der Waals surface area contributed by atoms with Crippen LogP contribution in [0.3, 0.4) is 0 Å². The molecule has 0 saturated heterocycles. The van der Waals surface area contributed by atoms with E-state index in [1.54, 1.807) is 19.2 Å². The second-order valence-corrected chi connectivity index (χ2v) is 8.61. The summed E-state index contributed by atoms with van der Waals surface area (Å²) in [6, 6.07) is 6.03. The lowest BCUT2D eigenvalue weighted by molar-refractivity contribution is -0.113. The fourth-order valence-corrected chi connectivity index (χ4v) is 5.09. The second-order valence-electron chi connectivity index (χ2n) is 6.45. The van der Waals surface area contributed by atoms with Crippen molar-refractivity contribution in [1.82, 2.24) is 5.32 Å². The highest BCUT2D eigenvalue weighted by molar-refractivity contribution is 8.00. The zero-order chi connectivity index (χ0) is 19.9. The van der Waals surface area contributed by atoms with Crippen molar-refractivity contribution in [2.45, 2.75) is 30.6 Å². The van der Waals surface area contributed by atoms with Gasteiger partial charge in [0.05, 0.1) is 17.9 Å². The number of carbonyl (C=O) groups is 2. The Hall–Kier alpha value is -1.90. The van der Waals surface area contributed by atoms with Crippen LogP contribution in [0.15, 0.2) is 29.2 Å². The van der Waals surface area contributed by atoms with Crippen molar-refractivity contribution in [2.75, 3.05) is 31.3 Å². The molecule has 0 fully saturated rings. The monoisotopic (exact) mass is 422 g/mol. The molecule has 0 aliphatic heterocycles. The summed E-state index contributed by atoms with van der Waals surface area (Å²) in [4.78, 5) is 27.2. The van der Waals surface area contributed by atoms with Crippen LogP contribution < -0.4 is 10.6 Å². The van der Waals surface area contributed by atoms with E-state index in [0.29, 0.717) is 23.7 Å². The molecule has 1 aliphatic rings. The Morgan fingerprint density at radius 3 is 2.71 bits per heavy atom. The summed E-state index contributed by atoms with van der Waals surface area (Å²) in [5, 5.41) is 6.39. The van der Waals surface area contributed by atoms with Gasteiger partial charge in [0, 0.05) is 23.4 Å². The van der Waals surface area contributed by atoms with Crippen LogP contribution in [-0.4, -0.2) is 37.8 Å². The molecule has 0 atom stereocenters. The maximum Gasteiger partial charge on any atom is 0.254 e. The normalized spacial score (nSPS) is 13.1. The van der Waals surface area contributed by atoms with Crippen molar-refractivity contribution in [3.63, 3.8) is 0 Å².